The SMILES string of the molecule is COc1ccc(-c2nc(CSCc3cc(Cl)c4c(c3)OCO4)no2)cc1. The third-order valence-electron chi connectivity index (χ3n) is 3.79. The second-order valence-corrected chi connectivity index (χ2v) is 6.94. The van der Waals surface area contributed by atoms with Crippen LogP contribution in [0.5, 0.6) is 17.2 Å². The van der Waals surface area contributed by atoms with Gasteiger partial charge in [0.25, 0.3) is 5.89 Å². The number of ether oxygens (including phenoxy) is 3. The molecule has 0 radical (unpaired) electrons. The fourth-order valence-electron chi connectivity index (χ4n) is 2.53. The lowest BCUT2D eigenvalue weighted by Gasteiger charge is -2.04. The Morgan fingerprint density at radius 3 is 2.81 bits per heavy atom. The van der Waals surface area contributed by atoms with Crippen molar-refractivity contribution in [3.8, 4) is 28.7 Å². The van der Waals surface area contributed by atoms with E-state index in [1.807, 2.05) is 36.4 Å². The van der Waals surface area contributed by atoms with Crippen LogP contribution in [-0.2, 0) is 11.5 Å². The van der Waals surface area contributed by atoms with Crippen molar-refractivity contribution in [3.63, 3.8) is 0 Å². The van der Waals surface area contributed by atoms with E-state index < -0.39 is 0 Å². The highest BCUT2D eigenvalue weighted by molar-refractivity contribution is 7.97. The summed E-state index contributed by atoms with van der Waals surface area (Å²) in [5, 5.41) is 4.60. The minimum Gasteiger partial charge on any atom is -0.497 e. The molecule has 0 fully saturated rings. The van der Waals surface area contributed by atoms with E-state index in [0.717, 1.165) is 22.6 Å². The Hall–Kier alpha value is -2.38. The molecule has 2 heterocycles. The molecule has 0 amide bonds. The normalized spacial score (nSPS) is 12.4. The number of hydrogen-bond donors (Lipinski definition) is 0. The van der Waals surface area contributed by atoms with Crippen LogP contribution in [-0.4, -0.2) is 24.0 Å². The lowest BCUT2D eigenvalue weighted by atomic mass is 10.2. The molecule has 0 saturated carbocycles. The first-order chi connectivity index (χ1) is 12.7. The molecule has 2 aromatic carbocycles. The van der Waals surface area contributed by atoms with Gasteiger partial charge in [-0.2, -0.15) is 4.98 Å². The zero-order valence-electron chi connectivity index (χ0n) is 13.9. The zero-order valence-corrected chi connectivity index (χ0v) is 15.5. The van der Waals surface area contributed by atoms with Gasteiger partial charge in [0.1, 0.15) is 5.75 Å². The summed E-state index contributed by atoms with van der Waals surface area (Å²) in [5.74, 6) is 4.61. The predicted molar refractivity (Wildman–Crippen MR) is 98.9 cm³/mol. The van der Waals surface area contributed by atoms with Crippen molar-refractivity contribution in [1.29, 1.82) is 0 Å². The number of nitrogens with zero attached hydrogens (tertiary/aromatic N) is 2. The first-order valence-electron chi connectivity index (χ1n) is 7.85. The van der Waals surface area contributed by atoms with E-state index in [1.165, 1.54) is 0 Å². The first kappa shape index (κ1) is 17.1. The number of fused-ring (bicyclic) bond motifs is 1. The highest BCUT2D eigenvalue weighted by Crippen LogP contribution is 2.40. The minimum absolute atomic E-state index is 0.211. The molecule has 1 aliphatic heterocycles. The van der Waals surface area contributed by atoms with Gasteiger partial charge in [-0.1, -0.05) is 16.8 Å². The van der Waals surface area contributed by atoms with Gasteiger partial charge >= 0.3 is 0 Å². The van der Waals surface area contributed by atoms with E-state index in [9.17, 15) is 0 Å². The quantitative estimate of drug-likeness (QED) is 0.611. The average Bonchev–Trinajstić information content (AvgIpc) is 3.31. The number of thioether (sulfide) groups is 1. The molecular formula is C18H15ClN2O4S. The monoisotopic (exact) mass is 390 g/mol. The maximum absolute atomic E-state index is 6.20. The van der Waals surface area contributed by atoms with Crippen LogP contribution in [0.25, 0.3) is 11.5 Å². The molecule has 0 atom stereocenters. The molecule has 0 spiro atoms. The maximum Gasteiger partial charge on any atom is 0.257 e. The number of benzene rings is 2. The largest absolute Gasteiger partial charge is 0.497 e. The van der Waals surface area contributed by atoms with Crippen molar-refractivity contribution in [2.45, 2.75) is 11.5 Å². The first-order valence-corrected chi connectivity index (χ1v) is 9.39. The van der Waals surface area contributed by atoms with E-state index in [2.05, 4.69) is 10.1 Å². The average molecular weight is 391 g/mol. The van der Waals surface area contributed by atoms with Gasteiger partial charge < -0.3 is 18.7 Å². The van der Waals surface area contributed by atoms with Crippen molar-refractivity contribution in [2.24, 2.45) is 0 Å². The standard InChI is InChI=1S/C18H15ClN2O4S/c1-22-13-4-2-12(3-5-13)18-20-16(21-25-18)9-26-8-11-6-14(19)17-15(7-11)23-10-24-17/h2-7H,8-10H2,1H3. The highest BCUT2D eigenvalue weighted by Gasteiger charge is 2.18. The van der Waals surface area contributed by atoms with Crippen molar-refractivity contribution in [3.05, 3.63) is 52.8 Å². The van der Waals surface area contributed by atoms with Crippen LogP contribution in [0.3, 0.4) is 0 Å². The van der Waals surface area contributed by atoms with Crippen molar-refractivity contribution in [1.82, 2.24) is 10.1 Å². The van der Waals surface area contributed by atoms with E-state index in [0.29, 0.717) is 34.0 Å². The molecule has 0 saturated heterocycles. The minimum atomic E-state index is 0.211. The molecule has 0 N–H and O–H groups in total. The van der Waals surface area contributed by atoms with E-state index in [4.69, 9.17) is 30.3 Å². The second kappa shape index (κ2) is 7.47. The molecule has 1 aromatic heterocycles. The topological polar surface area (TPSA) is 66.6 Å². The Kier molecular flexibility index (Phi) is 4.90. The summed E-state index contributed by atoms with van der Waals surface area (Å²) in [6, 6.07) is 11.3. The second-order valence-electron chi connectivity index (χ2n) is 5.55. The number of methoxy groups -OCH3 is 1. The predicted octanol–water partition coefficient (Wildman–Crippen LogP) is 4.56. The molecule has 6 nitrogen and oxygen atoms in total. The van der Waals surface area contributed by atoms with Crippen molar-refractivity contribution < 1.29 is 18.7 Å². The third-order valence-corrected chi connectivity index (χ3v) is 5.07. The van der Waals surface area contributed by atoms with Crippen LogP contribution in [0.15, 0.2) is 40.9 Å². The highest BCUT2D eigenvalue weighted by atomic mass is 35.5. The molecule has 3 aromatic rings. The van der Waals surface area contributed by atoms with Crippen LogP contribution in [0.4, 0.5) is 0 Å². The van der Waals surface area contributed by atoms with Gasteiger partial charge in [0.15, 0.2) is 17.3 Å². The number of hydrogen-bond acceptors (Lipinski definition) is 7. The van der Waals surface area contributed by atoms with Gasteiger partial charge in [0.2, 0.25) is 6.79 Å². The van der Waals surface area contributed by atoms with Crippen molar-refractivity contribution >= 4 is 23.4 Å². The number of aromatic nitrogens is 2. The van der Waals surface area contributed by atoms with Crippen LogP contribution in [0.2, 0.25) is 5.02 Å². The summed E-state index contributed by atoms with van der Waals surface area (Å²) in [6.45, 7) is 0.211. The Bertz CT molecular complexity index is 914. The van der Waals surface area contributed by atoms with Crippen molar-refractivity contribution in [2.75, 3.05) is 13.9 Å². The summed E-state index contributed by atoms with van der Waals surface area (Å²) in [7, 11) is 1.63. The number of halogens is 1. The van der Waals surface area contributed by atoms with Crippen LogP contribution < -0.4 is 14.2 Å². The molecular weight excluding hydrogens is 376 g/mol. The van der Waals surface area contributed by atoms with Crippen LogP contribution >= 0.6 is 23.4 Å². The van der Waals surface area contributed by atoms with Gasteiger partial charge in [0.05, 0.1) is 17.9 Å². The molecule has 4 rings (SSSR count). The Balaban J connectivity index is 1.37. The van der Waals surface area contributed by atoms with Gasteiger partial charge in [-0.15, -0.1) is 11.8 Å². The summed E-state index contributed by atoms with van der Waals surface area (Å²) >= 11 is 7.87. The lowest BCUT2D eigenvalue weighted by Crippen LogP contribution is -1.93. The zero-order chi connectivity index (χ0) is 17.9. The molecule has 0 bridgehead atoms. The summed E-state index contributed by atoms with van der Waals surface area (Å²) in [6.07, 6.45) is 0. The van der Waals surface area contributed by atoms with E-state index >= 15 is 0 Å². The van der Waals surface area contributed by atoms with E-state index in [-0.39, 0.29) is 6.79 Å². The molecule has 134 valence electrons. The van der Waals surface area contributed by atoms with Gasteiger partial charge in [-0.25, -0.2) is 0 Å². The third kappa shape index (κ3) is 3.59. The fraction of sp³-hybridized carbons (Fsp3) is 0.222. The molecule has 8 heteroatoms. The van der Waals surface area contributed by atoms with E-state index in [1.54, 1.807) is 18.9 Å². The Labute approximate surface area is 159 Å². The smallest absolute Gasteiger partial charge is 0.257 e. The fourth-order valence-corrected chi connectivity index (χ4v) is 3.62. The van der Waals surface area contributed by atoms with Crippen LogP contribution in [0.1, 0.15) is 11.4 Å². The molecule has 1 aliphatic rings. The lowest BCUT2D eigenvalue weighted by molar-refractivity contribution is 0.174. The molecule has 0 aliphatic carbocycles. The maximum atomic E-state index is 6.20. The Morgan fingerprint density at radius 1 is 1.15 bits per heavy atom. The summed E-state index contributed by atoms with van der Waals surface area (Å²) in [4.78, 5) is 4.43. The Morgan fingerprint density at radius 2 is 2.00 bits per heavy atom. The van der Waals surface area contributed by atoms with Gasteiger partial charge in [-0.05, 0) is 42.0 Å². The van der Waals surface area contributed by atoms with Gasteiger partial charge in [-0.3, -0.25) is 0 Å². The van der Waals surface area contributed by atoms with Gasteiger partial charge in [0, 0.05) is 11.3 Å². The summed E-state index contributed by atoms with van der Waals surface area (Å²) < 4.78 is 21.2. The summed E-state index contributed by atoms with van der Waals surface area (Å²) in [5.41, 5.74) is 1.92. The molecule has 0 unspecified atom stereocenters. The van der Waals surface area contributed by atoms with Crippen LogP contribution in [0, 0.1) is 0 Å². The molecule has 26 heavy (non-hydrogen) atoms. The number of rotatable bonds is 6.